The molecule has 20 heavy (non-hydrogen) atoms. The number of hydrogen-bond acceptors (Lipinski definition) is 1. The van der Waals surface area contributed by atoms with Gasteiger partial charge in [0.1, 0.15) is 5.82 Å². The molecule has 106 valence electrons. The summed E-state index contributed by atoms with van der Waals surface area (Å²) in [7, 11) is 0. The van der Waals surface area contributed by atoms with Crippen molar-refractivity contribution in [1.82, 2.24) is 0 Å². The first kappa shape index (κ1) is 15.3. The van der Waals surface area contributed by atoms with Gasteiger partial charge in [0.25, 0.3) is 0 Å². The minimum Gasteiger partial charge on any atom is -0.327 e. The van der Waals surface area contributed by atoms with E-state index in [1.165, 1.54) is 12.1 Å². The van der Waals surface area contributed by atoms with Crippen molar-refractivity contribution in [2.24, 2.45) is 5.73 Å². The standard InChI is InChI=1S/C16H16Cl2FN/c1-10-7-12(19)6-5-11(10)8-13(20)9-14-15(17)3-2-4-16(14)18/h2-7,13H,8-9,20H2,1H3. The molecule has 4 heteroatoms. The van der Waals surface area contributed by atoms with Crippen molar-refractivity contribution in [2.75, 3.05) is 0 Å². The van der Waals surface area contributed by atoms with Crippen LogP contribution in [-0.4, -0.2) is 6.04 Å². The molecular formula is C16H16Cl2FN. The summed E-state index contributed by atoms with van der Waals surface area (Å²) >= 11 is 12.3. The zero-order chi connectivity index (χ0) is 14.7. The molecule has 0 radical (unpaired) electrons. The van der Waals surface area contributed by atoms with Crippen LogP contribution >= 0.6 is 23.2 Å². The lowest BCUT2D eigenvalue weighted by atomic mass is 9.97. The van der Waals surface area contributed by atoms with Crippen molar-refractivity contribution < 1.29 is 4.39 Å². The van der Waals surface area contributed by atoms with E-state index in [-0.39, 0.29) is 11.9 Å². The Labute approximate surface area is 128 Å². The molecule has 0 aliphatic heterocycles. The summed E-state index contributed by atoms with van der Waals surface area (Å²) in [6, 6.07) is 10.1. The van der Waals surface area contributed by atoms with Crippen LogP contribution in [0, 0.1) is 12.7 Å². The van der Waals surface area contributed by atoms with Crippen molar-refractivity contribution in [3.05, 3.63) is 69.0 Å². The molecule has 0 bridgehead atoms. The molecule has 1 unspecified atom stereocenters. The zero-order valence-electron chi connectivity index (χ0n) is 11.2. The molecule has 0 saturated carbocycles. The first-order valence-corrected chi connectivity index (χ1v) is 7.16. The first-order chi connectivity index (χ1) is 9.47. The minimum absolute atomic E-state index is 0.114. The van der Waals surface area contributed by atoms with Crippen LogP contribution in [0.2, 0.25) is 10.0 Å². The number of nitrogens with two attached hydrogens (primary N) is 1. The number of aryl methyl sites for hydroxylation is 1. The van der Waals surface area contributed by atoms with E-state index in [4.69, 9.17) is 28.9 Å². The van der Waals surface area contributed by atoms with E-state index in [1.54, 1.807) is 18.2 Å². The molecule has 0 saturated heterocycles. The maximum Gasteiger partial charge on any atom is 0.123 e. The van der Waals surface area contributed by atoms with E-state index in [2.05, 4.69) is 0 Å². The van der Waals surface area contributed by atoms with E-state index in [9.17, 15) is 4.39 Å². The average molecular weight is 312 g/mol. The van der Waals surface area contributed by atoms with Crippen LogP contribution < -0.4 is 5.73 Å². The van der Waals surface area contributed by atoms with Crippen molar-refractivity contribution >= 4 is 23.2 Å². The summed E-state index contributed by atoms with van der Waals surface area (Å²) in [5.41, 5.74) is 8.99. The van der Waals surface area contributed by atoms with Gasteiger partial charge in [-0.3, -0.25) is 0 Å². The number of hydrogen-bond donors (Lipinski definition) is 1. The number of rotatable bonds is 4. The van der Waals surface area contributed by atoms with E-state index in [1.807, 2.05) is 13.0 Å². The summed E-state index contributed by atoms with van der Waals surface area (Å²) in [5, 5.41) is 1.26. The van der Waals surface area contributed by atoms with Gasteiger partial charge in [0.15, 0.2) is 0 Å². The van der Waals surface area contributed by atoms with Crippen LogP contribution in [0.5, 0.6) is 0 Å². The highest BCUT2D eigenvalue weighted by Gasteiger charge is 2.12. The highest BCUT2D eigenvalue weighted by Crippen LogP contribution is 2.26. The van der Waals surface area contributed by atoms with Gasteiger partial charge in [-0.2, -0.15) is 0 Å². The fraction of sp³-hybridized carbons (Fsp3) is 0.250. The van der Waals surface area contributed by atoms with E-state index >= 15 is 0 Å². The molecular weight excluding hydrogens is 296 g/mol. The predicted molar refractivity (Wildman–Crippen MR) is 83.0 cm³/mol. The summed E-state index contributed by atoms with van der Waals surface area (Å²) in [5.74, 6) is -0.228. The third kappa shape index (κ3) is 3.72. The lowest BCUT2D eigenvalue weighted by Gasteiger charge is -2.15. The molecule has 0 aromatic heterocycles. The predicted octanol–water partition coefficient (Wildman–Crippen LogP) is 4.55. The van der Waals surface area contributed by atoms with Gasteiger partial charge in [0, 0.05) is 16.1 Å². The molecule has 0 aliphatic rings. The minimum atomic E-state index is -0.228. The molecule has 2 aromatic rings. The van der Waals surface area contributed by atoms with Crippen molar-refractivity contribution in [3.8, 4) is 0 Å². The van der Waals surface area contributed by atoms with Gasteiger partial charge in [-0.15, -0.1) is 0 Å². The molecule has 0 aliphatic carbocycles. The first-order valence-electron chi connectivity index (χ1n) is 6.41. The van der Waals surface area contributed by atoms with Crippen LogP contribution in [0.4, 0.5) is 4.39 Å². The van der Waals surface area contributed by atoms with Gasteiger partial charge in [0.2, 0.25) is 0 Å². The Bertz CT molecular complexity index is 593. The van der Waals surface area contributed by atoms with Crippen LogP contribution in [0.3, 0.4) is 0 Å². The summed E-state index contributed by atoms with van der Waals surface area (Å²) in [6.07, 6.45) is 1.25. The Balaban J connectivity index is 2.11. The molecule has 2 aromatic carbocycles. The van der Waals surface area contributed by atoms with Gasteiger partial charge in [-0.25, -0.2) is 4.39 Å². The second-order valence-corrected chi connectivity index (χ2v) is 5.75. The van der Waals surface area contributed by atoms with Crippen LogP contribution in [0.15, 0.2) is 36.4 Å². The Kier molecular flexibility index (Phi) is 5.03. The van der Waals surface area contributed by atoms with E-state index < -0.39 is 0 Å². The van der Waals surface area contributed by atoms with E-state index in [0.29, 0.717) is 22.9 Å². The molecule has 2 N–H and O–H groups in total. The largest absolute Gasteiger partial charge is 0.327 e. The Hall–Kier alpha value is -1.09. The summed E-state index contributed by atoms with van der Waals surface area (Å²) in [4.78, 5) is 0. The second-order valence-electron chi connectivity index (χ2n) is 4.94. The number of benzene rings is 2. The topological polar surface area (TPSA) is 26.0 Å². The van der Waals surface area contributed by atoms with Gasteiger partial charge >= 0.3 is 0 Å². The summed E-state index contributed by atoms with van der Waals surface area (Å²) < 4.78 is 13.1. The van der Waals surface area contributed by atoms with Crippen LogP contribution in [0.25, 0.3) is 0 Å². The molecule has 0 spiro atoms. The van der Waals surface area contributed by atoms with Crippen molar-refractivity contribution in [1.29, 1.82) is 0 Å². The molecule has 1 atom stereocenters. The SMILES string of the molecule is Cc1cc(F)ccc1CC(N)Cc1c(Cl)cccc1Cl. The lowest BCUT2D eigenvalue weighted by Crippen LogP contribution is -2.26. The van der Waals surface area contributed by atoms with Gasteiger partial charge < -0.3 is 5.73 Å². The Morgan fingerprint density at radius 2 is 1.75 bits per heavy atom. The maximum absolute atomic E-state index is 13.1. The quantitative estimate of drug-likeness (QED) is 0.880. The molecule has 0 fully saturated rings. The smallest absolute Gasteiger partial charge is 0.123 e. The molecule has 0 amide bonds. The van der Waals surface area contributed by atoms with Crippen LogP contribution in [0.1, 0.15) is 16.7 Å². The average Bonchev–Trinajstić information content (AvgIpc) is 2.37. The van der Waals surface area contributed by atoms with Gasteiger partial charge in [-0.1, -0.05) is 35.3 Å². The van der Waals surface area contributed by atoms with Crippen molar-refractivity contribution in [3.63, 3.8) is 0 Å². The van der Waals surface area contributed by atoms with Gasteiger partial charge in [-0.05, 0) is 60.7 Å². The summed E-state index contributed by atoms with van der Waals surface area (Å²) in [6.45, 7) is 1.88. The third-order valence-corrected chi connectivity index (χ3v) is 4.02. The zero-order valence-corrected chi connectivity index (χ0v) is 12.7. The van der Waals surface area contributed by atoms with Crippen molar-refractivity contribution in [2.45, 2.75) is 25.8 Å². The maximum atomic E-state index is 13.1. The van der Waals surface area contributed by atoms with Gasteiger partial charge in [0.05, 0.1) is 0 Å². The lowest BCUT2D eigenvalue weighted by molar-refractivity contribution is 0.621. The monoisotopic (exact) mass is 311 g/mol. The third-order valence-electron chi connectivity index (χ3n) is 3.31. The molecule has 2 rings (SSSR count). The highest BCUT2D eigenvalue weighted by molar-refractivity contribution is 6.36. The van der Waals surface area contributed by atoms with E-state index in [0.717, 1.165) is 16.7 Å². The fourth-order valence-electron chi connectivity index (χ4n) is 2.23. The molecule has 1 nitrogen and oxygen atoms in total. The molecule has 0 heterocycles. The Morgan fingerprint density at radius 3 is 2.35 bits per heavy atom. The normalized spacial score (nSPS) is 12.4. The second kappa shape index (κ2) is 6.57. The highest BCUT2D eigenvalue weighted by atomic mass is 35.5. The van der Waals surface area contributed by atoms with Crippen LogP contribution in [-0.2, 0) is 12.8 Å². The number of halogens is 3. The Morgan fingerprint density at radius 1 is 1.10 bits per heavy atom. The fourth-order valence-corrected chi connectivity index (χ4v) is 2.78.